The van der Waals surface area contributed by atoms with Crippen molar-refractivity contribution < 1.29 is 24.0 Å². The third-order valence-corrected chi connectivity index (χ3v) is 4.04. The largest absolute Gasteiger partial charge is 0.452 e. The zero-order valence-electron chi connectivity index (χ0n) is 16.5. The smallest absolute Gasteiger partial charge is 0.338 e. The molecular weight excluding hydrogens is 378 g/mol. The fourth-order valence-electron chi connectivity index (χ4n) is 2.60. The summed E-state index contributed by atoms with van der Waals surface area (Å²) in [6, 6.07) is 9.47. The molecule has 0 aliphatic rings. The second-order valence-electron chi connectivity index (χ2n) is 6.35. The molecule has 0 radical (unpaired) electrons. The molecule has 2 aromatic rings. The van der Waals surface area contributed by atoms with E-state index in [1.807, 2.05) is 26.0 Å². The van der Waals surface area contributed by atoms with E-state index in [1.165, 1.54) is 19.2 Å². The molecule has 0 atom stereocenters. The van der Waals surface area contributed by atoms with Gasteiger partial charge in [-0.05, 0) is 37.6 Å². The van der Waals surface area contributed by atoms with Crippen LogP contribution in [0, 0.1) is 24.0 Å². The lowest BCUT2D eigenvalue weighted by Gasteiger charge is -2.10. The monoisotopic (exact) mass is 401 g/mol. The highest BCUT2D eigenvalue weighted by molar-refractivity contribution is 5.96. The molecule has 0 aliphatic heterocycles. The number of benzene rings is 2. The molecule has 0 aliphatic carbocycles. The highest BCUT2D eigenvalue weighted by Crippen LogP contribution is 2.26. The third-order valence-electron chi connectivity index (χ3n) is 4.04. The number of nitrogens with zero attached hydrogens (tertiary/aromatic N) is 1. The molecule has 2 aromatic carbocycles. The number of methoxy groups -OCH3 is 1. The molecule has 9 nitrogen and oxygen atoms in total. The molecule has 0 bridgehead atoms. The van der Waals surface area contributed by atoms with Gasteiger partial charge >= 0.3 is 5.97 Å². The van der Waals surface area contributed by atoms with E-state index in [0.717, 1.165) is 17.2 Å². The molecule has 154 valence electrons. The Morgan fingerprint density at radius 3 is 2.48 bits per heavy atom. The highest BCUT2D eigenvalue weighted by atomic mass is 16.6. The number of hydrogen-bond donors (Lipinski definition) is 2. The molecule has 2 N–H and O–H groups in total. The number of carbonyl (C=O) groups excluding carboxylic acids is 2. The average molecular weight is 401 g/mol. The van der Waals surface area contributed by atoms with Crippen molar-refractivity contribution in [2.24, 2.45) is 0 Å². The summed E-state index contributed by atoms with van der Waals surface area (Å²) in [6.45, 7) is 4.04. The number of hydrogen-bond acceptors (Lipinski definition) is 7. The summed E-state index contributed by atoms with van der Waals surface area (Å²) in [5.41, 5.74) is 2.55. The molecule has 2 rings (SSSR count). The lowest BCUT2D eigenvalue weighted by atomic mass is 10.1. The Morgan fingerprint density at radius 2 is 1.83 bits per heavy atom. The summed E-state index contributed by atoms with van der Waals surface area (Å²) >= 11 is 0. The first-order chi connectivity index (χ1) is 13.8. The van der Waals surface area contributed by atoms with Crippen molar-refractivity contribution in [2.75, 3.05) is 37.5 Å². The summed E-state index contributed by atoms with van der Waals surface area (Å²) < 4.78 is 9.88. The summed E-state index contributed by atoms with van der Waals surface area (Å²) in [7, 11) is 1.52. The molecule has 0 aromatic heterocycles. The first-order valence-electron chi connectivity index (χ1n) is 8.87. The fourth-order valence-corrected chi connectivity index (χ4v) is 2.60. The SMILES string of the molecule is COCCNc1ccc(C(=O)OCC(=O)Nc2ccc(C)cc2C)cc1[N+](=O)[O-]. The number of carbonyl (C=O) groups is 2. The van der Waals surface area contributed by atoms with Gasteiger partial charge in [0.1, 0.15) is 5.69 Å². The highest BCUT2D eigenvalue weighted by Gasteiger charge is 2.19. The standard InChI is InChI=1S/C20H23N3O6/c1-13-4-6-16(14(2)10-13)22-19(24)12-29-20(25)15-5-7-17(21-8-9-28-3)18(11-15)23(26)27/h4-7,10-11,21H,8-9,12H2,1-3H3,(H,22,24). The van der Waals surface area contributed by atoms with Crippen LogP contribution in [0.4, 0.5) is 17.1 Å². The third kappa shape index (κ3) is 6.28. The van der Waals surface area contributed by atoms with Gasteiger partial charge in [-0.2, -0.15) is 0 Å². The van der Waals surface area contributed by atoms with Gasteiger partial charge in [0, 0.05) is 25.4 Å². The second kappa shape index (κ2) is 10.2. The van der Waals surface area contributed by atoms with Crippen LogP contribution in [-0.2, 0) is 14.3 Å². The van der Waals surface area contributed by atoms with Gasteiger partial charge in [-0.15, -0.1) is 0 Å². The second-order valence-corrected chi connectivity index (χ2v) is 6.35. The summed E-state index contributed by atoms with van der Waals surface area (Å²) in [5, 5.41) is 16.8. The number of rotatable bonds is 9. The Labute approximate surface area is 168 Å². The average Bonchev–Trinajstić information content (AvgIpc) is 2.68. The minimum atomic E-state index is -0.827. The minimum Gasteiger partial charge on any atom is -0.452 e. The molecule has 1 amide bonds. The molecule has 0 spiro atoms. The van der Waals surface area contributed by atoms with E-state index in [0.29, 0.717) is 18.8 Å². The van der Waals surface area contributed by atoms with E-state index < -0.39 is 23.4 Å². The van der Waals surface area contributed by atoms with Crippen LogP contribution in [0.1, 0.15) is 21.5 Å². The first-order valence-corrected chi connectivity index (χ1v) is 8.87. The Balaban J connectivity index is 1.99. The van der Waals surface area contributed by atoms with E-state index in [2.05, 4.69) is 10.6 Å². The first kappa shape index (κ1) is 21.8. The van der Waals surface area contributed by atoms with Crippen LogP contribution < -0.4 is 10.6 Å². The van der Waals surface area contributed by atoms with Crippen molar-refractivity contribution in [3.8, 4) is 0 Å². The van der Waals surface area contributed by atoms with Crippen LogP contribution >= 0.6 is 0 Å². The maximum atomic E-state index is 12.2. The zero-order valence-corrected chi connectivity index (χ0v) is 16.5. The van der Waals surface area contributed by atoms with Gasteiger partial charge in [-0.25, -0.2) is 4.79 Å². The van der Waals surface area contributed by atoms with Gasteiger partial charge < -0.3 is 20.1 Å². The van der Waals surface area contributed by atoms with Crippen molar-refractivity contribution in [1.29, 1.82) is 0 Å². The molecular formula is C20H23N3O6. The predicted octanol–water partition coefficient (Wildman–Crippen LogP) is 3.07. The molecule has 0 saturated carbocycles. The van der Waals surface area contributed by atoms with E-state index in [1.54, 1.807) is 6.07 Å². The Hall–Kier alpha value is -3.46. The van der Waals surface area contributed by atoms with Crippen molar-refractivity contribution >= 4 is 28.9 Å². The van der Waals surface area contributed by atoms with Crippen LogP contribution in [0.25, 0.3) is 0 Å². The van der Waals surface area contributed by atoms with Gasteiger partial charge in [0.2, 0.25) is 0 Å². The van der Waals surface area contributed by atoms with Gasteiger partial charge in [0.05, 0.1) is 17.1 Å². The van der Waals surface area contributed by atoms with Gasteiger partial charge in [0.15, 0.2) is 6.61 Å². The maximum absolute atomic E-state index is 12.2. The molecule has 9 heteroatoms. The Morgan fingerprint density at radius 1 is 1.10 bits per heavy atom. The molecule has 0 unspecified atom stereocenters. The van der Waals surface area contributed by atoms with Crippen LogP contribution in [-0.4, -0.2) is 43.7 Å². The summed E-state index contributed by atoms with van der Waals surface area (Å²) in [6.07, 6.45) is 0. The number of nitrogens with one attached hydrogen (secondary N) is 2. The fraction of sp³-hybridized carbons (Fsp3) is 0.300. The van der Waals surface area contributed by atoms with Gasteiger partial charge in [-0.1, -0.05) is 17.7 Å². The van der Waals surface area contributed by atoms with Crippen molar-refractivity contribution in [1.82, 2.24) is 0 Å². The van der Waals surface area contributed by atoms with Gasteiger partial charge in [0.25, 0.3) is 11.6 Å². The Bertz CT molecular complexity index is 913. The van der Waals surface area contributed by atoms with Gasteiger partial charge in [-0.3, -0.25) is 14.9 Å². The summed E-state index contributed by atoms with van der Waals surface area (Å²) in [4.78, 5) is 34.9. The normalized spacial score (nSPS) is 10.3. The maximum Gasteiger partial charge on any atom is 0.338 e. The van der Waals surface area contributed by atoms with Crippen LogP contribution in [0.2, 0.25) is 0 Å². The van der Waals surface area contributed by atoms with Crippen molar-refractivity contribution in [3.63, 3.8) is 0 Å². The van der Waals surface area contributed by atoms with Crippen LogP contribution in [0.15, 0.2) is 36.4 Å². The van der Waals surface area contributed by atoms with Crippen molar-refractivity contribution in [3.05, 3.63) is 63.2 Å². The van der Waals surface area contributed by atoms with Crippen LogP contribution in [0.3, 0.4) is 0 Å². The molecule has 0 saturated heterocycles. The molecule has 29 heavy (non-hydrogen) atoms. The summed E-state index contributed by atoms with van der Waals surface area (Å²) in [5.74, 6) is -1.33. The number of ether oxygens (including phenoxy) is 2. The number of amides is 1. The number of anilines is 2. The van der Waals surface area contributed by atoms with E-state index in [4.69, 9.17) is 9.47 Å². The van der Waals surface area contributed by atoms with Crippen molar-refractivity contribution in [2.45, 2.75) is 13.8 Å². The lowest BCUT2D eigenvalue weighted by Crippen LogP contribution is -2.21. The topological polar surface area (TPSA) is 120 Å². The number of nitro benzene ring substituents is 1. The quantitative estimate of drug-likeness (QED) is 0.287. The Kier molecular flexibility index (Phi) is 7.67. The van der Waals surface area contributed by atoms with E-state index in [9.17, 15) is 19.7 Å². The zero-order chi connectivity index (χ0) is 21.4. The predicted molar refractivity (Wildman–Crippen MR) is 108 cm³/mol. The van der Waals surface area contributed by atoms with E-state index >= 15 is 0 Å². The molecule has 0 fully saturated rings. The lowest BCUT2D eigenvalue weighted by molar-refractivity contribution is -0.384. The minimum absolute atomic E-state index is 0.0201. The molecule has 0 heterocycles. The number of nitro groups is 1. The number of esters is 1. The van der Waals surface area contributed by atoms with Crippen LogP contribution in [0.5, 0.6) is 0 Å². The van der Waals surface area contributed by atoms with E-state index in [-0.39, 0.29) is 16.9 Å². The number of aryl methyl sites for hydroxylation is 2.